The fourth-order valence-electron chi connectivity index (χ4n) is 1.77. The van der Waals surface area contributed by atoms with Gasteiger partial charge in [-0.15, -0.1) is 0 Å². The van der Waals surface area contributed by atoms with Crippen LogP contribution in [0.4, 0.5) is 10.1 Å². The summed E-state index contributed by atoms with van der Waals surface area (Å²) in [5, 5.41) is 11.5. The van der Waals surface area contributed by atoms with Crippen LogP contribution >= 0.6 is 31.9 Å². The van der Waals surface area contributed by atoms with E-state index in [1.165, 1.54) is 18.2 Å². The van der Waals surface area contributed by atoms with Gasteiger partial charge >= 0.3 is 0 Å². The molecule has 0 spiro atoms. The predicted octanol–water partition coefficient (Wildman–Crippen LogP) is 4.97. The molecule has 0 saturated heterocycles. The molecule has 0 fully saturated rings. The molecule has 2 rings (SSSR count). The first-order chi connectivity index (χ1) is 9.99. The number of halogens is 3. The van der Waals surface area contributed by atoms with E-state index < -0.39 is 10.7 Å². The third kappa shape index (κ3) is 4.25. The molecule has 7 heteroatoms. The molecule has 0 saturated carbocycles. The Morgan fingerprint density at radius 1 is 1.24 bits per heavy atom. The highest BCUT2D eigenvalue weighted by Crippen LogP contribution is 2.26. The molecule has 110 valence electrons. The van der Waals surface area contributed by atoms with E-state index in [0.29, 0.717) is 21.1 Å². The van der Waals surface area contributed by atoms with Crippen LogP contribution < -0.4 is 4.74 Å². The minimum absolute atomic E-state index is 0.00519. The Bertz CT molecular complexity index is 679. The summed E-state index contributed by atoms with van der Waals surface area (Å²) in [6.45, 7) is -0.00519. The molecule has 0 aliphatic carbocycles. The van der Waals surface area contributed by atoms with Crippen molar-refractivity contribution >= 4 is 37.5 Å². The average Bonchev–Trinajstić information content (AvgIpc) is 2.45. The minimum atomic E-state index is -0.473. The topological polar surface area (TPSA) is 52.4 Å². The molecule has 0 aliphatic heterocycles. The summed E-state index contributed by atoms with van der Waals surface area (Å²) in [6, 6.07) is 9.03. The molecule has 0 aliphatic rings. The second-order valence-corrected chi connectivity index (χ2v) is 5.72. The predicted molar refractivity (Wildman–Crippen MR) is 84.2 cm³/mol. The number of rotatable bonds is 5. The van der Waals surface area contributed by atoms with Gasteiger partial charge in [-0.1, -0.05) is 31.9 Å². The lowest BCUT2D eigenvalue weighted by Crippen LogP contribution is -2.01. The van der Waals surface area contributed by atoms with E-state index in [-0.39, 0.29) is 12.3 Å². The Hall–Kier alpha value is -1.47. The largest absolute Gasteiger partial charge is 0.489 e. The highest BCUT2D eigenvalue weighted by atomic mass is 79.9. The molecule has 4 nitrogen and oxygen atoms in total. The van der Waals surface area contributed by atoms with Crippen molar-refractivity contribution in [1.29, 1.82) is 0 Å². The van der Waals surface area contributed by atoms with E-state index in [1.807, 2.05) is 0 Å². The monoisotopic (exact) mass is 417 g/mol. The van der Waals surface area contributed by atoms with E-state index in [9.17, 15) is 14.5 Å². The number of hydrogen-bond donors (Lipinski definition) is 0. The molecule has 0 radical (unpaired) electrons. The SMILES string of the molecule is O=[N+]([O-])c1cc(Br)ccc1COc1cc(F)cc(CBr)c1. The van der Waals surface area contributed by atoms with Crippen molar-refractivity contribution in [1.82, 2.24) is 0 Å². The lowest BCUT2D eigenvalue weighted by Gasteiger charge is -2.08. The lowest BCUT2D eigenvalue weighted by molar-refractivity contribution is -0.385. The standard InChI is InChI=1S/C14H10Br2FNO3/c15-7-9-3-12(17)6-13(4-9)21-8-10-1-2-11(16)5-14(10)18(19)20/h1-6H,7-8H2. The van der Waals surface area contributed by atoms with E-state index in [2.05, 4.69) is 31.9 Å². The van der Waals surface area contributed by atoms with Crippen molar-refractivity contribution in [2.45, 2.75) is 11.9 Å². The molecule has 0 heterocycles. The van der Waals surface area contributed by atoms with Gasteiger partial charge in [-0.05, 0) is 29.8 Å². The van der Waals surface area contributed by atoms with Crippen molar-refractivity contribution in [3.05, 3.63) is 67.9 Å². The number of nitro benzene ring substituents is 1. The second-order valence-electron chi connectivity index (χ2n) is 4.25. The Morgan fingerprint density at radius 2 is 2.00 bits per heavy atom. The number of nitro groups is 1. The van der Waals surface area contributed by atoms with Gasteiger partial charge in [-0.3, -0.25) is 10.1 Å². The van der Waals surface area contributed by atoms with Gasteiger partial charge in [0.2, 0.25) is 0 Å². The Labute approximate surface area is 137 Å². The van der Waals surface area contributed by atoms with Crippen molar-refractivity contribution < 1.29 is 14.1 Å². The molecule has 2 aromatic carbocycles. The molecule has 0 unspecified atom stereocenters. The van der Waals surface area contributed by atoms with E-state index in [0.717, 1.165) is 5.56 Å². The van der Waals surface area contributed by atoms with E-state index >= 15 is 0 Å². The zero-order valence-corrected chi connectivity index (χ0v) is 13.9. The number of hydrogen-bond acceptors (Lipinski definition) is 3. The lowest BCUT2D eigenvalue weighted by atomic mass is 10.2. The van der Waals surface area contributed by atoms with Crippen LogP contribution in [0, 0.1) is 15.9 Å². The smallest absolute Gasteiger partial charge is 0.277 e. The maximum atomic E-state index is 13.4. The van der Waals surface area contributed by atoms with Gasteiger partial charge < -0.3 is 4.74 Å². The molecule has 0 N–H and O–H groups in total. The Balaban J connectivity index is 2.20. The normalized spacial score (nSPS) is 10.4. The maximum absolute atomic E-state index is 13.4. The van der Waals surface area contributed by atoms with Crippen molar-refractivity contribution in [3.8, 4) is 5.75 Å². The molecule has 0 aromatic heterocycles. The van der Waals surface area contributed by atoms with E-state index in [1.54, 1.807) is 18.2 Å². The molecular weight excluding hydrogens is 409 g/mol. The third-order valence-corrected chi connectivity index (χ3v) is 3.86. The molecule has 2 aromatic rings. The summed E-state index contributed by atoms with van der Waals surface area (Å²) in [7, 11) is 0. The van der Waals surface area contributed by atoms with Crippen molar-refractivity contribution in [3.63, 3.8) is 0 Å². The van der Waals surface area contributed by atoms with Crippen molar-refractivity contribution in [2.75, 3.05) is 0 Å². The fourth-order valence-corrected chi connectivity index (χ4v) is 2.44. The number of nitrogens with zero attached hydrogens (tertiary/aromatic N) is 1. The summed E-state index contributed by atoms with van der Waals surface area (Å²) in [6.07, 6.45) is 0. The third-order valence-electron chi connectivity index (χ3n) is 2.72. The number of ether oxygens (including phenoxy) is 1. The minimum Gasteiger partial charge on any atom is -0.489 e. The van der Waals surface area contributed by atoms with Crippen LogP contribution in [0.1, 0.15) is 11.1 Å². The van der Waals surface area contributed by atoms with Gasteiger partial charge in [0.25, 0.3) is 5.69 Å². The first-order valence-corrected chi connectivity index (χ1v) is 7.82. The highest BCUT2D eigenvalue weighted by molar-refractivity contribution is 9.10. The van der Waals surface area contributed by atoms with Gasteiger partial charge in [0.15, 0.2) is 0 Å². The van der Waals surface area contributed by atoms with Crippen molar-refractivity contribution in [2.24, 2.45) is 0 Å². The quantitative estimate of drug-likeness (QED) is 0.391. The molecular formula is C14H10Br2FNO3. The van der Waals surface area contributed by atoms with Crippen LogP contribution in [0.2, 0.25) is 0 Å². The number of benzene rings is 2. The maximum Gasteiger partial charge on any atom is 0.277 e. The van der Waals surface area contributed by atoms with Gasteiger partial charge in [0.05, 0.1) is 10.5 Å². The second kappa shape index (κ2) is 7.00. The summed E-state index contributed by atoms with van der Waals surface area (Å²) < 4.78 is 19.5. The molecule has 0 bridgehead atoms. The summed E-state index contributed by atoms with van der Waals surface area (Å²) in [4.78, 5) is 10.5. The molecule has 0 amide bonds. The van der Waals surface area contributed by atoms with Gasteiger partial charge in [-0.25, -0.2) is 4.39 Å². The van der Waals surface area contributed by atoms with Crippen LogP contribution in [0.3, 0.4) is 0 Å². The zero-order chi connectivity index (χ0) is 15.4. The van der Waals surface area contributed by atoms with Crippen LogP contribution in [-0.4, -0.2) is 4.92 Å². The fraction of sp³-hybridized carbons (Fsp3) is 0.143. The Kier molecular flexibility index (Phi) is 5.30. The van der Waals surface area contributed by atoms with Crippen LogP contribution in [-0.2, 0) is 11.9 Å². The van der Waals surface area contributed by atoms with Gasteiger partial charge in [0, 0.05) is 21.9 Å². The van der Waals surface area contributed by atoms with Crippen LogP contribution in [0.25, 0.3) is 0 Å². The van der Waals surface area contributed by atoms with Crippen LogP contribution in [0.5, 0.6) is 5.75 Å². The first-order valence-electron chi connectivity index (χ1n) is 5.90. The summed E-state index contributed by atoms with van der Waals surface area (Å²) in [5.74, 6) is -0.0751. The van der Waals surface area contributed by atoms with E-state index in [4.69, 9.17) is 4.74 Å². The molecule has 21 heavy (non-hydrogen) atoms. The summed E-state index contributed by atoms with van der Waals surface area (Å²) in [5.41, 5.74) is 1.12. The number of alkyl halides is 1. The first kappa shape index (κ1) is 15.9. The Morgan fingerprint density at radius 3 is 2.67 bits per heavy atom. The van der Waals surface area contributed by atoms with Gasteiger partial charge in [0.1, 0.15) is 18.2 Å². The van der Waals surface area contributed by atoms with Crippen LogP contribution in [0.15, 0.2) is 40.9 Å². The highest BCUT2D eigenvalue weighted by Gasteiger charge is 2.14. The summed E-state index contributed by atoms with van der Waals surface area (Å²) >= 11 is 6.43. The molecule has 0 atom stereocenters. The van der Waals surface area contributed by atoms with Gasteiger partial charge in [-0.2, -0.15) is 0 Å². The average molecular weight is 419 g/mol. The zero-order valence-electron chi connectivity index (χ0n) is 10.7.